The molecule has 3 heterocycles. The Balaban J connectivity index is 0.000000155. The number of carboxylic acids is 2. The van der Waals surface area contributed by atoms with E-state index in [9.17, 15) is 9.59 Å². The fourth-order valence-electron chi connectivity index (χ4n) is 4.24. The van der Waals surface area contributed by atoms with Crippen LogP contribution in [0.1, 0.15) is 29.8 Å². The van der Waals surface area contributed by atoms with Crippen molar-refractivity contribution in [1.82, 2.24) is 15.3 Å². The SMILES string of the molecule is C[C@@H]1N[C@H](C(=O)O)Cc2c1[nH]c1ccccc21.N[C@@H](Cc1c[nH]c2ccccc12)C(=O)O. The number of carbonyl (C=O) groups is 2. The summed E-state index contributed by atoms with van der Waals surface area (Å²) in [7, 11) is 0. The molecule has 3 atom stereocenters. The number of H-pyrrole nitrogens is 2. The molecular weight excluding hydrogens is 408 g/mol. The van der Waals surface area contributed by atoms with E-state index in [-0.39, 0.29) is 6.04 Å². The third kappa shape index (κ3) is 4.23. The second-order valence-electron chi connectivity index (χ2n) is 8.05. The number of hydrogen-bond acceptors (Lipinski definition) is 4. The lowest BCUT2D eigenvalue weighted by molar-refractivity contribution is -0.140. The van der Waals surface area contributed by atoms with E-state index >= 15 is 0 Å². The zero-order valence-corrected chi connectivity index (χ0v) is 17.6. The Labute approximate surface area is 184 Å². The van der Waals surface area contributed by atoms with Gasteiger partial charge in [-0.3, -0.25) is 14.9 Å². The molecule has 166 valence electrons. The molecule has 1 aliphatic heterocycles. The number of carboxylic acid groups (broad SMARTS) is 2. The quantitative estimate of drug-likeness (QED) is 0.291. The van der Waals surface area contributed by atoms with Crippen LogP contribution in [0.5, 0.6) is 0 Å². The predicted octanol–water partition coefficient (Wildman–Crippen LogP) is 2.95. The van der Waals surface area contributed by atoms with Gasteiger partial charge in [-0.2, -0.15) is 0 Å². The van der Waals surface area contributed by atoms with Crippen LogP contribution < -0.4 is 11.1 Å². The molecule has 0 spiro atoms. The molecule has 8 heteroatoms. The van der Waals surface area contributed by atoms with Crippen molar-refractivity contribution in [2.24, 2.45) is 5.73 Å². The van der Waals surface area contributed by atoms with E-state index < -0.39 is 24.0 Å². The van der Waals surface area contributed by atoms with Gasteiger partial charge in [0.25, 0.3) is 0 Å². The molecule has 0 aliphatic carbocycles. The minimum absolute atomic E-state index is 0.0484. The number of hydrogen-bond donors (Lipinski definition) is 6. The molecule has 0 bridgehead atoms. The van der Waals surface area contributed by atoms with Gasteiger partial charge >= 0.3 is 11.9 Å². The van der Waals surface area contributed by atoms with Crippen molar-refractivity contribution in [3.63, 3.8) is 0 Å². The highest BCUT2D eigenvalue weighted by molar-refractivity contribution is 5.87. The summed E-state index contributed by atoms with van der Waals surface area (Å²) >= 11 is 0. The maximum absolute atomic E-state index is 11.1. The van der Waals surface area contributed by atoms with Gasteiger partial charge in [0.1, 0.15) is 12.1 Å². The van der Waals surface area contributed by atoms with Crippen molar-refractivity contribution in [3.05, 3.63) is 71.5 Å². The molecule has 0 unspecified atom stereocenters. The molecule has 0 radical (unpaired) electrons. The molecule has 0 saturated heterocycles. The standard InChI is InChI=1S/C13H14N2O2.C11H12N2O2/c1-7-12-9(6-11(14-7)13(16)17)8-4-2-3-5-10(8)15-12;12-9(11(14)15)5-7-6-13-10-4-2-1-3-8(7)10/h2-5,7,11,14-15H,6H2,1H3,(H,16,17);1-4,6,9,13H,5,12H2,(H,14,15)/t7-,11-;9-/m00/s1. The number of aliphatic carboxylic acids is 2. The zero-order valence-electron chi connectivity index (χ0n) is 17.6. The Kier molecular flexibility index (Phi) is 5.98. The lowest BCUT2D eigenvalue weighted by Crippen LogP contribution is -2.43. The summed E-state index contributed by atoms with van der Waals surface area (Å²) in [5.74, 6) is -1.76. The van der Waals surface area contributed by atoms with Crippen molar-refractivity contribution in [2.45, 2.75) is 37.9 Å². The van der Waals surface area contributed by atoms with Crippen molar-refractivity contribution >= 4 is 33.7 Å². The Morgan fingerprint density at radius 3 is 2.41 bits per heavy atom. The molecule has 4 aromatic rings. The molecule has 0 saturated carbocycles. The smallest absolute Gasteiger partial charge is 0.321 e. The number of aromatic amines is 2. The van der Waals surface area contributed by atoms with Gasteiger partial charge in [0, 0.05) is 52.6 Å². The molecule has 8 nitrogen and oxygen atoms in total. The van der Waals surface area contributed by atoms with Crippen LogP contribution in [0.4, 0.5) is 0 Å². The maximum Gasteiger partial charge on any atom is 0.321 e. The van der Waals surface area contributed by atoms with E-state index in [0.29, 0.717) is 12.8 Å². The molecular formula is C24H26N4O4. The van der Waals surface area contributed by atoms with E-state index in [1.54, 1.807) is 0 Å². The number of aromatic nitrogens is 2. The first kappa shape index (κ1) is 21.6. The van der Waals surface area contributed by atoms with Crippen molar-refractivity contribution in [1.29, 1.82) is 0 Å². The van der Waals surface area contributed by atoms with Crippen LogP contribution in [0.15, 0.2) is 54.7 Å². The van der Waals surface area contributed by atoms with Gasteiger partial charge in [-0.05, 0) is 30.2 Å². The first-order valence-corrected chi connectivity index (χ1v) is 10.5. The summed E-state index contributed by atoms with van der Waals surface area (Å²) < 4.78 is 0. The molecule has 0 fully saturated rings. The first-order valence-electron chi connectivity index (χ1n) is 10.5. The highest BCUT2D eigenvalue weighted by Gasteiger charge is 2.30. The van der Waals surface area contributed by atoms with Crippen LogP contribution in [-0.2, 0) is 22.4 Å². The van der Waals surface area contributed by atoms with Crippen LogP contribution >= 0.6 is 0 Å². The third-order valence-corrected chi connectivity index (χ3v) is 5.87. The number of para-hydroxylation sites is 2. The predicted molar refractivity (Wildman–Crippen MR) is 123 cm³/mol. The lowest BCUT2D eigenvalue weighted by atomic mass is 9.95. The van der Waals surface area contributed by atoms with Crippen LogP contribution in [0.25, 0.3) is 21.8 Å². The molecule has 0 amide bonds. The van der Waals surface area contributed by atoms with E-state index in [1.807, 2.05) is 61.7 Å². The highest BCUT2D eigenvalue weighted by Crippen LogP contribution is 2.31. The van der Waals surface area contributed by atoms with Gasteiger partial charge < -0.3 is 25.9 Å². The van der Waals surface area contributed by atoms with Gasteiger partial charge in [0.2, 0.25) is 0 Å². The third-order valence-electron chi connectivity index (χ3n) is 5.87. The largest absolute Gasteiger partial charge is 0.480 e. The minimum Gasteiger partial charge on any atom is -0.480 e. The van der Waals surface area contributed by atoms with Crippen molar-refractivity contribution < 1.29 is 19.8 Å². The number of benzene rings is 2. The summed E-state index contributed by atoms with van der Waals surface area (Å²) in [5.41, 5.74) is 10.8. The van der Waals surface area contributed by atoms with Gasteiger partial charge in [0.15, 0.2) is 0 Å². The van der Waals surface area contributed by atoms with E-state index in [2.05, 4.69) is 15.3 Å². The molecule has 1 aliphatic rings. The van der Waals surface area contributed by atoms with Gasteiger partial charge in [0.05, 0.1) is 0 Å². The molecule has 2 aromatic carbocycles. The summed E-state index contributed by atoms with van der Waals surface area (Å²) in [4.78, 5) is 28.2. The average molecular weight is 434 g/mol. The minimum atomic E-state index is -0.972. The normalized spacial score (nSPS) is 18.6. The van der Waals surface area contributed by atoms with Gasteiger partial charge in [-0.25, -0.2) is 0 Å². The van der Waals surface area contributed by atoms with Gasteiger partial charge in [-0.1, -0.05) is 36.4 Å². The van der Waals surface area contributed by atoms with Crippen molar-refractivity contribution in [3.8, 4) is 0 Å². The molecule has 7 N–H and O–H groups in total. The van der Waals surface area contributed by atoms with Crippen LogP contribution in [0.3, 0.4) is 0 Å². The summed E-state index contributed by atoms with van der Waals surface area (Å²) in [6, 6.07) is 14.5. The molecule has 2 aromatic heterocycles. The Bertz CT molecular complexity index is 1280. The fourth-order valence-corrected chi connectivity index (χ4v) is 4.24. The topological polar surface area (TPSA) is 144 Å². The second-order valence-corrected chi connectivity index (χ2v) is 8.05. The van der Waals surface area contributed by atoms with E-state index in [0.717, 1.165) is 38.6 Å². The van der Waals surface area contributed by atoms with E-state index in [1.165, 1.54) is 0 Å². The monoisotopic (exact) mass is 434 g/mol. The fraction of sp³-hybridized carbons (Fsp3) is 0.250. The summed E-state index contributed by atoms with van der Waals surface area (Å²) in [6.07, 6.45) is 2.70. The second kappa shape index (κ2) is 8.86. The van der Waals surface area contributed by atoms with Crippen molar-refractivity contribution in [2.75, 3.05) is 0 Å². The summed E-state index contributed by atoms with van der Waals surface area (Å²) in [6.45, 7) is 1.99. The number of nitrogens with one attached hydrogen (secondary N) is 3. The lowest BCUT2D eigenvalue weighted by Gasteiger charge is -2.26. The average Bonchev–Trinajstić information content (AvgIpc) is 3.36. The number of rotatable bonds is 4. The summed E-state index contributed by atoms with van der Waals surface area (Å²) in [5, 5.41) is 23.1. The maximum atomic E-state index is 11.1. The molecule has 5 rings (SSSR count). The zero-order chi connectivity index (χ0) is 22.8. The number of nitrogens with two attached hydrogens (primary N) is 1. The van der Waals surface area contributed by atoms with E-state index in [4.69, 9.17) is 15.9 Å². The first-order chi connectivity index (χ1) is 15.3. The Hall–Kier alpha value is -3.62. The Morgan fingerprint density at radius 2 is 1.72 bits per heavy atom. The van der Waals surface area contributed by atoms with Crippen LogP contribution in [-0.4, -0.2) is 44.2 Å². The van der Waals surface area contributed by atoms with Gasteiger partial charge in [-0.15, -0.1) is 0 Å². The number of fused-ring (bicyclic) bond motifs is 4. The van der Waals surface area contributed by atoms with Crippen LogP contribution in [0, 0.1) is 0 Å². The van der Waals surface area contributed by atoms with Crippen LogP contribution in [0.2, 0.25) is 0 Å². The molecule has 32 heavy (non-hydrogen) atoms. The Morgan fingerprint density at radius 1 is 1.06 bits per heavy atom. The highest BCUT2D eigenvalue weighted by atomic mass is 16.4.